The van der Waals surface area contributed by atoms with Gasteiger partial charge in [-0.15, -0.1) is 13.2 Å². The summed E-state index contributed by atoms with van der Waals surface area (Å²) in [6.45, 7) is 3.52. The highest BCUT2D eigenvalue weighted by Crippen LogP contribution is 2.53. The number of anilines is 2. The summed E-state index contributed by atoms with van der Waals surface area (Å²) in [4.78, 5) is 16.7. The molecule has 3 aromatic rings. The molecule has 0 bridgehead atoms. The molecule has 10 heteroatoms. The van der Waals surface area contributed by atoms with Gasteiger partial charge in [-0.25, -0.2) is 4.79 Å². The van der Waals surface area contributed by atoms with E-state index in [4.69, 9.17) is 0 Å². The molecule has 1 heterocycles. The van der Waals surface area contributed by atoms with Gasteiger partial charge in [0, 0.05) is 16.9 Å². The summed E-state index contributed by atoms with van der Waals surface area (Å²) in [5.74, 6) is -0.550. The second-order valence-corrected chi connectivity index (χ2v) is 9.04. The van der Waals surface area contributed by atoms with E-state index in [1.807, 2.05) is 19.1 Å². The Balaban J connectivity index is 1.98. The van der Waals surface area contributed by atoms with Crippen molar-refractivity contribution in [3.05, 3.63) is 89.5 Å². The lowest BCUT2D eigenvalue weighted by Crippen LogP contribution is -2.58. The summed E-state index contributed by atoms with van der Waals surface area (Å²) in [6, 6.07) is 20.5. The number of amides is 2. The maximum absolute atomic E-state index is 14.2. The van der Waals surface area contributed by atoms with Gasteiger partial charge in [0.1, 0.15) is 5.75 Å². The molecule has 38 heavy (non-hydrogen) atoms. The largest absolute Gasteiger partial charge is 0.573 e. The van der Waals surface area contributed by atoms with Crippen molar-refractivity contribution in [2.75, 3.05) is 9.80 Å². The van der Waals surface area contributed by atoms with Gasteiger partial charge in [-0.05, 0) is 74.0 Å². The predicted octanol–water partition coefficient (Wildman–Crippen LogP) is 6.18. The fourth-order valence-corrected chi connectivity index (χ4v) is 5.03. The molecule has 3 aromatic carbocycles. The molecule has 1 saturated heterocycles. The van der Waals surface area contributed by atoms with Gasteiger partial charge in [0.25, 0.3) is 0 Å². The number of carbonyl (C=O) groups excluding carboxylic acids is 1. The molecular weight excluding hydrogens is 497 g/mol. The molecule has 7 nitrogen and oxygen atoms in total. The zero-order chi connectivity index (χ0) is 27.7. The summed E-state index contributed by atoms with van der Waals surface area (Å²) >= 11 is 0. The van der Waals surface area contributed by atoms with Crippen LogP contribution in [-0.2, 0) is 5.72 Å². The molecule has 1 aliphatic heterocycles. The Morgan fingerprint density at radius 2 is 1.45 bits per heavy atom. The number of halogens is 3. The van der Waals surface area contributed by atoms with E-state index >= 15 is 0 Å². The number of alkyl halides is 3. The number of aliphatic hydroxyl groups is 1. The van der Waals surface area contributed by atoms with Gasteiger partial charge in [0.15, 0.2) is 5.72 Å². The molecular formula is C28H23F3N4O3. The summed E-state index contributed by atoms with van der Waals surface area (Å²) in [7, 11) is 0. The van der Waals surface area contributed by atoms with Gasteiger partial charge < -0.3 is 9.84 Å². The number of carbonyl (C=O) groups is 1. The molecule has 1 aliphatic rings. The maximum Gasteiger partial charge on any atom is 0.573 e. The van der Waals surface area contributed by atoms with Gasteiger partial charge in [-0.2, -0.15) is 10.5 Å². The van der Waals surface area contributed by atoms with Crippen molar-refractivity contribution in [2.24, 2.45) is 0 Å². The molecule has 0 radical (unpaired) electrons. The molecule has 2 atom stereocenters. The fraction of sp³-hybridized carbons (Fsp3) is 0.250. The standard InChI is InChI=1S/C28H23F3N4O3/c1-3-15-26(2)27(37,21-5-4-6-24(16-21)38-28(29,30)31)35(23-13-9-20(18-33)10-14-23)25(36)34(26)22-11-7-19(17-32)8-12-22/h4-14,16,37H,3,15H2,1-2H3. The molecule has 0 aromatic heterocycles. The molecule has 194 valence electrons. The zero-order valence-electron chi connectivity index (χ0n) is 20.5. The predicted molar refractivity (Wildman–Crippen MR) is 133 cm³/mol. The Morgan fingerprint density at radius 3 is 1.92 bits per heavy atom. The van der Waals surface area contributed by atoms with Crippen LogP contribution in [-0.4, -0.2) is 23.0 Å². The minimum atomic E-state index is -4.96. The quantitative estimate of drug-likeness (QED) is 0.418. The normalized spacial score (nSPS) is 21.2. The summed E-state index contributed by atoms with van der Waals surface area (Å²) < 4.78 is 43.2. The average Bonchev–Trinajstić information content (AvgIpc) is 3.06. The van der Waals surface area contributed by atoms with Crippen molar-refractivity contribution in [3.8, 4) is 17.9 Å². The van der Waals surface area contributed by atoms with E-state index < -0.39 is 29.4 Å². The lowest BCUT2D eigenvalue weighted by molar-refractivity contribution is -0.274. The summed E-state index contributed by atoms with van der Waals surface area (Å²) in [5.41, 5.74) is -2.24. The minimum Gasteiger partial charge on any atom is -0.406 e. The lowest BCUT2D eigenvalue weighted by atomic mass is 9.78. The lowest BCUT2D eigenvalue weighted by Gasteiger charge is -2.45. The number of nitrogens with zero attached hydrogens (tertiary/aromatic N) is 4. The van der Waals surface area contributed by atoms with Crippen LogP contribution in [0.15, 0.2) is 72.8 Å². The number of nitriles is 2. The monoisotopic (exact) mass is 520 g/mol. The van der Waals surface area contributed by atoms with Gasteiger partial charge in [-0.3, -0.25) is 9.80 Å². The summed E-state index contributed by atoms with van der Waals surface area (Å²) in [6.07, 6.45) is -4.19. The van der Waals surface area contributed by atoms with E-state index in [0.717, 1.165) is 17.0 Å². The van der Waals surface area contributed by atoms with Crippen molar-refractivity contribution < 1.29 is 27.8 Å². The molecule has 1 fully saturated rings. The van der Waals surface area contributed by atoms with E-state index in [1.165, 1.54) is 53.4 Å². The molecule has 1 N–H and O–H groups in total. The fourth-order valence-electron chi connectivity index (χ4n) is 5.03. The maximum atomic E-state index is 14.2. The SMILES string of the molecule is CCCC1(C)N(c2ccc(C#N)cc2)C(=O)N(c2ccc(C#N)cc2)C1(O)c1cccc(OC(F)(F)F)c1. The van der Waals surface area contributed by atoms with Crippen LogP contribution in [0, 0.1) is 22.7 Å². The number of ether oxygens (including phenoxy) is 1. The van der Waals surface area contributed by atoms with Gasteiger partial charge in [0.05, 0.1) is 28.8 Å². The topological polar surface area (TPSA) is 101 Å². The Morgan fingerprint density at radius 1 is 0.921 bits per heavy atom. The van der Waals surface area contributed by atoms with E-state index in [0.29, 0.717) is 23.2 Å². The number of hydrogen-bond donors (Lipinski definition) is 1. The zero-order valence-corrected chi connectivity index (χ0v) is 20.5. The van der Waals surface area contributed by atoms with Crippen LogP contribution < -0.4 is 14.5 Å². The first-order valence-corrected chi connectivity index (χ1v) is 11.7. The van der Waals surface area contributed by atoms with Crippen molar-refractivity contribution in [1.82, 2.24) is 0 Å². The Bertz CT molecular complexity index is 1430. The number of benzene rings is 3. The average molecular weight is 521 g/mol. The van der Waals surface area contributed by atoms with Crippen LogP contribution in [0.1, 0.15) is 43.4 Å². The van der Waals surface area contributed by atoms with Crippen molar-refractivity contribution in [1.29, 1.82) is 10.5 Å². The highest BCUT2D eigenvalue weighted by atomic mass is 19.4. The van der Waals surface area contributed by atoms with Crippen molar-refractivity contribution in [3.63, 3.8) is 0 Å². The molecule has 0 aliphatic carbocycles. The highest BCUT2D eigenvalue weighted by Gasteiger charge is 2.65. The Hall–Kier alpha value is -4.54. The van der Waals surface area contributed by atoms with Crippen LogP contribution in [0.4, 0.5) is 29.3 Å². The van der Waals surface area contributed by atoms with E-state index in [1.54, 1.807) is 19.1 Å². The number of urea groups is 1. The van der Waals surface area contributed by atoms with Crippen LogP contribution in [0.3, 0.4) is 0 Å². The van der Waals surface area contributed by atoms with E-state index in [2.05, 4.69) is 4.74 Å². The Kier molecular flexibility index (Phi) is 6.79. The first-order valence-electron chi connectivity index (χ1n) is 11.7. The Labute approximate surface area is 217 Å². The second kappa shape index (κ2) is 9.73. The summed E-state index contributed by atoms with van der Waals surface area (Å²) in [5, 5.41) is 31.0. The van der Waals surface area contributed by atoms with Gasteiger partial charge >= 0.3 is 12.4 Å². The first-order chi connectivity index (χ1) is 18.0. The number of hydrogen-bond acceptors (Lipinski definition) is 5. The third-order valence-corrected chi connectivity index (χ3v) is 6.67. The molecule has 0 saturated carbocycles. The van der Waals surface area contributed by atoms with E-state index in [9.17, 15) is 33.6 Å². The van der Waals surface area contributed by atoms with Crippen molar-refractivity contribution >= 4 is 17.4 Å². The molecule has 2 amide bonds. The molecule has 2 unspecified atom stereocenters. The van der Waals surface area contributed by atoms with Gasteiger partial charge in [-0.1, -0.05) is 25.5 Å². The van der Waals surface area contributed by atoms with E-state index in [-0.39, 0.29) is 17.7 Å². The smallest absolute Gasteiger partial charge is 0.406 e. The van der Waals surface area contributed by atoms with Crippen LogP contribution in [0.2, 0.25) is 0 Å². The molecule has 4 rings (SSSR count). The van der Waals surface area contributed by atoms with Crippen LogP contribution in [0.5, 0.6) is 5.75 Å². The van der Waals surface area contributed by atoms with Crippen LogP contribution >= 0.6 is 0 Å². The van der Waals surface area contributed by atoms with Crippen molar-refractivity contribution in [2.45, 2.75) is 44.3 Å². The second-order valence-electron chi connectivity index (χ2n) is 9.04. The highest BCUT2D eigenvalue weighted by molar-refractivity contribution is 6.09. The molecule has 0 spiro atoms. The third-order valence-electron chi connectivity index (χ3n) is 6.67. The van der Waals surface area contributed by atoms with Crippen LogP contribution in [0.25, 0.3) is 0 Å². The number of rotatable bonds is 6. The first kappa shape index (κ1) is 26.5. The van der Waals surface area contributed by atoms with Gasteiger partial charge in [0.2, 0.25) is 0 Å². The third kappa shape index (κ3) is 4.40. The minimum absolute atomic E-state index is 0.00375.